The molecule has 1 atom stereocenters. The predicted molar refractivity (Wildman–Crippen MR) is 84.5 cm³/mol. The highest BCUT2D eigenvalue weighted by Crippen LogP contribution is 2.29. The summed E-state index contributed by atoms with van der Waals surface area (Å²) in [6, 6.07) is 9.16. The maximum absolute atomic E-state index is 10.8. The van der Waals surface area contributed by atoms with Gasteiger partial charge >= 0.3 is 0 Å². The molecule has 110 valence electrons. The monoisotopic (exact) mass is 274 g/mol. The maximum atomic E-state index is 10.8. The molecule has 1 aromatic rings. The van der Waals surface area contributed by atoms with E-state index in [0.717, 1.165) is 32.5 Å². The van der Waals surface area contributed by atoms with Crippen molar-refractivity contribution in [1.29, 1.82) is 0 Å². The van der Waals surface area contributed by atoms with E-state index in [1.165, 1.54) is 11.3 Å². The molecule has 1 aromatic carbocycles. The van der Waals surface area contributed by atoms with E-state index in [2.05, 4.69) is 54.8 Å². The van der Waals surface area contributed by atoms with Crippen LogP contribution in [0.25, 0.3) is 0 Å². The molecule has 0 aromatic heterocycles. The van der Waals surface area contributed by atoms with Crippen LogP contribution in [-0.4, -0.2) is 43.4 Å². The van der Waals surface area contributed by atoms with Crippen LogP contribution in [0.5, 0.6) is 0 Å². The molecule has 1 fully saturated rings. The minimum absolute atomic E-state index is 0.298. The van der Waals surface area contributed by atoms with Gasteiger partial charge in [-0.05, 0) is 31.4 Å². The lowest BCUT2D eigenvalue weighted by Gasteiger charge is -2.39. The molecule has 1 aliphatic heterocycles. The van der Waals surface area contributed by atoms with E-state index in [1.807, 2.05) is 0 Å². The molecule has 3 nitrogen and oxygen atoms in total. The average Bonchev–Trinajstić information content (AvgIpc) is 2.47. The molecule has 0 amide bonds. The number of nitrogens with zero attached hydrogens (tertiary/aromatic N) is 2. The van der Waals surface area contributed by atoms with Gasteiger partial charge in [0.25, 0.3) is 0 Å². The van der Waals surface area contributed by atoms with Crippen LogP contribution >= 0.6 is 0 Å². The molecule has 0 spiro atoms. The van der Waals surface area contributed by atoms with E-state index in [4.69, 9.17) is 0 Å². The van der Waals surface area contributed by atoms with E-state index in [0.29, 0.717) is 18.4 Å². The number of rotatable bonds is 5. The smallest absolute Gasteiger partial charge is 0.120 e. The van der Waals surface area contributed by atoms with E-state index < -0.39 is 0 Å². The molecular weight excluding hydrogens is 248 g/mol. The van der Waals surface area contributed by atoms with Gasteiger partial charge in [0.1, 0.15) is 6.29 Å². The van der Waals surface area contributed by atoms with Gasteiger partial charge in [-0.25, -0.2) is 0 Å². The van der Waals surface area contributed by atoms with E-state index in [-0.39, 0.29) is 0 Å². The van der Waals surface area contributed by atoms with Crippen LogP contribution < -0.4 is 4.90 Å². The Morgan fingerprint density at radius 1 is 1.10 bits per heavy atom. The average molecular weight is 274 g/mol. The van der Waals surface area contributed by atoms with Crippen LogP contribution in [0.1, 0.15) is 38.7 Å². The topological polar surface area (TPSA) is 23.6 Å². The number of aldehydes is 1. The van der Waals surface area contributed by atoms with Gasteiger partial charge < -0.3 is 9.69 Å². The van der Waals surface area contributed by atoms with Gasteiger partial charge in [-0.1, -0.05) is 25.1 Å². The van der Waals surface area contributed by atoms with Crippen molar-refractivity contribution in [1.82, 2.24) is 4.90 Å². The van der Waals surface area contributed by atoms with Crippen molar-refractivity contribution in [3.8, 4) is 0 Å². The number of anilines is 1. The van der Waals surface area contributed by atoms with Gasteiger partial charge in [0.05, 0.1) is 0 Å². The highest BCUT2D eigenvalue weighted by Gasteiger charge is 2.21. The van der Waals surface area contributed by atoms with Crippen LogP contribution in [0.15, 0.2) is 24.3 Å². The van der Waals surface area contributed by atoms with Crippen LogP contribution in [-0.2, 0) is 4.79 Å². The number of para-hydroxylation sites is 1. The first-order valence-electron chi connectivity index (χ1n) is 7.65. The second-order valence-electron chi connectivity index (χ2n) is 5.98. The Bertz CT molecular complexity index is 436. The molecule has 0 aliphatic carbocycles. The predicted octanol–water partition coefficient (Wildman–Crippen LogP) is 2.91. The standard InChI is InChI=1S/C17H26N2O/c1-14(2)18-9-11-19(12-10-18)17-7-5-4-6-16(17)15(3)8-13-20/h4-7,13-15H,8-12H2,1-3H3. The molecule has 1 aliphatic rings. The maximum Gasteiger partial charge on any atom is 0.120 e. The Hall–Kier alpha value is -1.35. The number of piperazine rings is 1. The van der Waals surface area contributed by atoms with Crippen molar-refractivity contribution in [3.05, 3.63) is 29.8 Å². The fourth-order valence-corrected chi connectivity index (χ4v) is 2.94. The minimum atomic E-state index is 0.298. The van der Waals surface area contributed by atoms with E-state index >= 15 is 0 Å². The second-order valence-corrected chi connectivity index (χ2v) is 5.98. The third kappa shape index (κ3) is 3.40. The molecular formula is C17H26N2O. The summed E-state index contributed by atoms with van der Waals surface area (Å²) in [4.78, 5) is 15.8. The Morgan fingerprint density at radius 3 is 2.35 bits per heavy atom. The van der Waals surface area contributed by atoms with Gasteiger partial charge in [0.2, 0.25) is 0 Å². The summed E-state index contributed by atoms with van der Waals surface area (Å²) in [6.07, 6.45) is 1.63. The Kier molecular flexibility index (Phi) is 5.18. The first kappa shape index (κ1) is 15.0. The first-order chi connectivity index (χ1) is 9.63. The summed E-state index contributed by atoms with van der Waals surface area (Å²) in [6.45, 7) is 11.0. The normalized spacial score (nSPS) is 18.3. The quantitative estimate of drug-likeness (QED) is 0.771. The van der Waals surface area contributed by atoms with Crippen molar-refractivity contribution < 1.29 is 4.79 Å². The SMILES string of the molecule is CC(CC=O)c1ccccc1N1CCN(C(C)C)CC1. The van der Waals surface area contributed by atoms with Gasteiger partial charge in [0.15, 0.2) is 0 Å². The summed E-state index contributed by atoms with van der Waals surface area (Å²) in [7, 11) is 0. The van der Waals surface area contributed by atoms with Crippen LogP contribution in [0, 0.1) is 0 Å². The zero-order chi connectivity index (χ0) is 14.5. The Morgan fingerprint density at radius 2 is 1.75 bits per heavy atom. The fourth-order valence-electron chi connectivity index (χ4n) is 2.94. The van der Waals surface area contributed by atoms with Crippen molar-refractivity contribution in [2.24, 2.45) is 0 Å². The highest BCUT2D eigenvalue weighted by molar-refractivity contribution is 5.59. The zero-order valence-electron chi connectivity index (χ0n) is 12.9. The summed E-state index contributed by atoms with van der Waals surface area (Å²) in [5.41, 5.74) is 2.61. The van der Waals surface area contributed by atoms with E-state index in [1.54, 1.807) is 0 Å². The van der Waals surface area contributed by atoms with Crippen LogP contribution in [0.2, 0.25) is 0 Å². The molecule has 1 unspecified atom stereocenters. The lowest BCUT2D eigenvalue weighted by molar-refractivity contribution is -0.108. The number of hydrogen-bond donors (Lipinski definition) is 0. The van der Waals surface area contributed by atoms with Gasteiger partial charge in [-0.2, -0.15) is 0 Å². The van der Waals surface area contributed by atoms with Crippen molar-refractivity contribution >= 4 is 12.0 Å². The third-order valence-corrected chi connectivity index (χ3v) is 4.30. The Labute approximate surface area is 122 Å². The zero-order valence-corrected chi connectivity index (χ0v) is 12.9. The Balaban J connectivity index is 2.11. The molecule has 0 bridgehead atoms. The molecule has 1 heterocycles. The molecule has 2 rings (SSSR count). The lowest BCUT2D eigenvalue weighted by Crippen LogP contribution is -2.49. The molecule has 3 heteroatoms. The molecule has 20 heavy (non-hydrogen) atoms. The lowest BCUT2D eigenvalue weighted by atomic mass is 9.96. The van der Waals surface area contributed by atoms with Gasteiger partial charge in [-0.15, -0.1) is 0 Å². The largest absolute Gasteiger partial charge is 0.369 e. The van der Waals surface area contributed by atoms with Gasteiger partial charge in [0, 0.05) is 44.3 Å². The molecule has 1 saturated heterocycles. The van der Waals surface area contributed by atoms with Gasteiger partial charge in [-0.3, -0.25) is 4.90 Å². The molecule has 0 N–H and O–H groups in total. The minimum Gasteiger partial charge on any atom is -0.369 e. The van der Waals surface area contributed by atoms with Crippen LogP contribution in [0.3, 0.4) is 0 Å². The summed E-state index contributed by atoms with van der Waals surface area (Å²) < 4.78 is 0. The molecule has 0 saturated carbocycles. The second kappa shape index (κ2) is 6.89. The number of benzene rings is 1. The number of carbonyl (C=O) groups excluding carboxylic acids is 1. The van der Waals surface area contributed by atoms with Crippen molar-refractivity contribution in [3.63, 3.8) is 0 Å². The summed E-state index contributed by atoms with van der Waals surface area (Å²) >= 11 is 0. The fraction of sp³-hybridized carbons (Fsp3) is 0.588. The number of hydrogen-bond acceptors (Lipinski definition) is 3. The number of carbonyl (C=O) groups is 1. The van der Waals surface area contributed by atoms with E-state index in [9.17, 15) is 4.79 Å². The third-order valence-electron chi connectivity index (χ3n) is 4.30. The van der Waals surface area contributed by atoms with Crippen molar-refractivity contribution in [2.45, 2.75) is 39.2 Å². The summed E-state index contributed by atoms with van der Waals surface area (Å²) in [5.74, 6) is 0.298. The first-order valence-corrected chi connectivity index (χ1v) is 7.65. The van der Waals surface area contributed by atoms with Crippen molar-refractivity contribution in [2.75, 3.05) is 31.1 Å². The molecule has 0 radical (unpaired) electrons. The summed E-state index contributed by atoms with van der Waals surface area (Å²) in [5, 5.41) is 0. The van der Waals surface area contributed by atoms with Crippen LogP contribution in [0.4, 0.5) is 5.69 Å². The highest BCUT2D eigenvalue weighted by atomic mass is 16.1.